The van der Waals surface area contributed by atoms with E-state index in [1.54, 1.807) is 0 Å². The average molecular weight is 235 g/mol. The average Bonchev–Trinajstić information content (AvgIpc) is 2.62. The molecule has 1 aliphatic heterocycles. The Bertz CT molecular complexity index is 359. The Labute approximate surface area is 103 Å². The van der Waals surface area contributed by atoms with Gasteiger partial charge in [-0.3, -0.25) is 9.59 Å². The van der Waals surface area contributed by atoms with Gasteiger partial charge in [-0.05, 0) is 25.7 Å². The molecule has 0 bridgehead atoms. The van der Waals surface area contributed by atoms with E-state index in [9.17, 15) is 9.59 Å². The minimum Gasteiger partial charge on any atom is -0.329 e. The Morgan fingerprint density at radius 2 is 2.18 bits per heavy atom. The minimum absolute atomic E-state index is 0.0231. The zero-order valence-corrected chi connectivity index (χ0v) is 10.7. The van der Waals surface area contributed by atoms with Crippen LogP contribution >= 0.6 is 0 Å². The quantitative estimate of drug-likeness (QED) is 0.654. The van der Waals surface area contributed by atoms with Crippen molar-refractivity contribution in [1.82, 2.24) is 4.90 Å². The molecule has 2 rings (SSSR count). The second-order valence-corrected chi connectivity index (χ2v) is 5.42. The van der Waals surface area contributed by atoms with E-state index in [-0.39, 0.29) is 17.6 Å². The lowest BCUT2D eigenvalue weighted by Gasteiger charge is -2.37. The van der Waals surface area contributed by atoms with Crippen LogP contribution in [0, 0.1) is 5.92 Å². The Balaban J connectivity index is 2.30. The number of rotatable bonds is 1. The van der Waals surface area contributed by atoms with Crippen LogP contribution in [-0.4, -0.2) is 28.7 Å². The van der Waals surface area contributed by atoms with Gasteiger partial charge in [0, 0.05) is 18.9 Å². The van der Waals surface area contributed by atoms with Crippen LogP contribution in [0.15, 0.2) is 12.2 Å². The monoisotopic (exact) mass is 235 g/mol. The maximum absolute atomic E-state index is 12.3. The third-order valence-corrected chi connectivity index (χ3v) is 3.93. The number of Topliss-reactive ketones (excluding diaryl/α,β-unsaturated/α-hetero) is 1. The maximum atomic E-state index is 12.3. The van der Waals surface area contributed by atoms with E-state index < -0.39 is 5.54 Å². The van der Waals surface area contributed by atoms with Crippen LogP contribution in [0.1, 0.15) is 46.0 Å². The molecule has 1 amide bonds. The standard InChI is InChI=1S/C14H21NO2/c1-11(2)13(17)15-10-6-9-14(15)8-5-3-4-7-12(14)16/h3,5,11H,4,6-10H2,1-2H3. The van der Waals surface area contributed by atoms with Crippen LogP contribution in [0.25, 0.3) is 0 Å². The van der Waals surface area contributed by atoms with Gasteiger partial charge in [0.05, 0.1) is 0 Å². The summed E-state index contributed by atoms with van der Waals surface area (Å²) in [6.07, 6.45) is 8.07. The van der Waals surface area contributed by atoms with Crippen molar-refractivity contribution in [2.45, 2.75) is 51.5 Å². The lowest BCUT2D eigenvalue weighted by Crippen LogP contribution is -2.53. The Hall–Kier alpha value is -1.12. The van der Waals surface area contributed by atoms with Gasteiger partial charge in [0.2, 0.25) is 5.91 Å². The zero-order chi connectivity index (χ0) is 12.5. The first kappa shape index (κ1) is 12.3. The highest BCUT2D eigenvalue weighted by atomic mass is 16.2. The molecule has 1 atom stereocenters. The fraction of sp³-hybridized carbons (Fsp3) is 0.714. The minimum atomic E-state index is -0.506. The zero-order valence-electron chi connectivity index (χ0n) is 10.7. The fourth-order valence-corrected chi connectivity index (χ4v) is 2.97. The second kappa shape index (κ2) is 4.63. The number of carbonyl (C=O) groups is 2. The molecule has 0 radical (unpaired) electrons. The molecule has 1 aliphatic carbocycles. The smallest absolute Gasteiger partial charge is 0.225 e. The summed E-state index contributed by atoms with van der Waals surface area (Å²) in [5.74, 6) is 0.366. The van der Waals surface area contributed by atoms with Crippen molar-refractivity contribution < 1.29 is 9.59 Å². The number of nitrogens with zero attached hydrogens (tertiary/aromatic N) is 1. The molecule has 1 heterocycles. The van der Waals surface area contributed by atoms with Crippen LogP contribution in [0.4, 0.5) is 0 Å². The second-order valence-electron chi connectivity index (χ2n) is 5.42. The largest absolute Gasteiger partial charge is 0.329 e. The van der Waals surface area contributed by atoms with E-state index in [1.165, 1.54) is 0 Å². The van der Waals surface area contributed by atoms with E-state index in [0.717, 1.165) is 25.8 Å². The summed E-state index contributed by atoms with van der Waals surface area (Å²) in [5, 5.41) is 0. The first-order chi connectivity index (χ1) is 8.08. The summed E-state index contributed by atoms with van der Waals surface area (Å²) in [6.45, 7) is 4.56. The van der Waals surface area contributed by atoms with Crippen molar-refractivity contribution in [3.05, 3.63) is 12.2 Å². The van der Waals surface area contributed by atoms with Gasteiger partial charge in [-0.15, -0.1) is 0 Å². The molecule has 1 fully saturated rings. The number of allylic oxidation sites excluding steroid dienone is 1. The van der Waals surface area contributed by atoms with Gasteiger partial charge in [0.25, 0.3) is 0 Å². The van der Waals surface area contributed by atoms with Crippen molar-refractivity contribution >= 4 is 11.7 Å². The van der Waals surface area contributed by atoms with Crippen LogP contribution in [0.3, 0.4) is 0 Å². The molecule has 2 aliphatic rings. The summed E-state index contributed by atoms with van der Waals surface area (Å²) in [6, 6.07) is 0. The highest BCUT2D eigenvalue weighted by Crippen LogP contribution is 2.37. The number of likely N-dealkylation sites (tertiary alicyclic amines) is 1. The van der Waals surface area contributed by atoms with Crippen molar-refractivity contribution in [3.63, 3.8) is 0 Å². The molecular formula is C14H21NO2. The molecule has 94 valence electrons. The lowest BCUT2D eigenvalue weighted by atomic mass is 9.86. The fourth-order valence-electron chi connectivity index (χ4n) is 2.97. The van der Waals surface area contributed by atoms with Gasteiger partial charge in [-0.25, -0.2) is 0 Å². The van der Waals surface area contributed by atoms with Crippen LogP contribution in [-0.2, 0) is 9.59 Å². The van der Waals surface area contributed by atoms with Crippen molar-refractivity contribution in [3.8, 4) is 0 Å². The number of ketones is 1. The topological polar surface area (TPSA) is 37.4 Å². The molecule has 3 nitrogen and oxygen atoms in total. The molecule has 1 saturated heterocycles. The Morgan fingerprint density at radius 1 is 1.41 bits per heavy atom. The lowest BCUT2D eigenvalue weighted by molar-refractivity contribution is -0.146. The van der Waals surface area contributed by atoms with Gasteiger partial charge in [-0.2, -0.15) is 0 Å². The van der Waals surface area contributed by atoms with E-state index in [0.29, 0.717) is 12.8 Å². The van der Waals surface area contributed by atoms with Gasteiger partial charge in [-0.1, -0.05) is 26.0 Å². The molecule has 1 unspecified atom stereocenters. The molecule has 0 aromatic heterocycles. The van der Waals surface area contributed by atoms with Gasteiger partial charge in [0.1, 0.15) is 5.54 Å². The molecule has 17 heavy (non-hydrogen) atoms. The van der Waals surface area contributed by atoms with Gasteiger partial charge in [0.15, 0.2) is 5.78 Å². The first-order valence-corrected chi connectivity index (χ1v) is 6.58. The highest BCUT2D eigenvalue weighted by Gasteiger charge is 2.48. The summed E-state index contributed by atoms with van der Waals surface area (Å²) in [5.41, 5.74) is -0.506. The molecule has 1 spiro atoms. The third-order valence-electron chi connectivity index (χ3n) is 3.93. The normalized spacial score (nSPS) is 29.1. The molecule has 0 saturated carbocycles. The number of amides is 1. The van der Waals surface area contributed by atoms with Gasteiger partial charge >= 0.3 is 0 Å². The molecule has 0 N–H and O–H groups in total. The molecule has 3 heteroatoms. The Morgan fingerprint density at radius 3 is 2.88 bits per heavy atom. The molecule has 0 aromatic rings. The van der Waals surface area contributed by atoms with Crippen LogP contribution in [0.5, 0.6) is 0 Å². The van der Waals surface area contributed by atoms with Crippen molar-refractivity contribution in [1.29, 1.82) is 0 Å². The maximum Gasteiger partial charge on any atom is 0.225 e. The first-order valence-electron chi connectivity index (χ1n) is 6.58. The SMILES string of the molecule is CC(C)C(=O)N1CCCC12CC=CCCC2=O. The highest BCUT2D eigenvalue weighted by molar-refractivity contribution is 5.94. The van der Waals surface area contributed by atoms with Crippen LogP contribution in [0.2, 0.25) is 0 Å². The summed E-state index contributed by atoms with van der Waals surface area (Å²) in [4.78, 5) is 26.4. The third kappa shape index (κ3) is 2.03. The summed E-state index contributed by atoms with van der Waals surface area (Å²) >= 11 is 0. The predicted octanol–water partition coefficient (Wildman–Crippen LogP) is 2.31. The summed E-state index contributed by atoms with van der Waals surface area (Å²) < 4.78 is 0. The van der Waals surface area contributed by atoms with Gasteiger partial charge < -0.3 is 4.90 Å². The number of carbonyl (C=O) groups excluding carboxylic acids is 2. The van der Waals surface area contributed by atoms with E-state index in [4.69, 9.17) is 0 Å². The van der Waals surface area contributed by atoms with Crippen molar-refractivity contribution in [2.24, 2.45) is 5.92 Å². The van der Waals surface area contributed by atoms with E-state index in [1.807, 2.05) is 18.7 Å². The Kier molecular flexibility index (Phi) is 3.36. The number of hydrogen-bond donors (Lipinski definition) is 0. The molecule has 0 aromatic carbocycles. The van der Waals surface area contributed by atoms with E-state index >= 15 is 0 Å². The van der Waals surface area contributed by atoms with Crippen molar-refractivity contribution in [2.75, 3.05) is 6.54 Å². The predicted molar refractivity (Wildman–Crippen MR) is 66.5 cm³/mol. The van der Waals surface area contributed by atoms with Crippen LogP contribution < -0.4 is 0 Å². The molecular weight excluding hydrogens is 214 g/mol. The van der Waals surface area contributed by atoms with E-state index in [2.05, 4.69) is 12.2 Å². The number of hydrogen-bond acceptors (Lipinski definition) is 2. The summed E-state index contributed by atoms with van der Waals surface area (Å²) in [7, 11) is 0.